The van der Waals surface area contributed by atoms with Gasteiger partial charge in [0.2, 0.25) is 0 Å². The molecule has 0 saturated carbocycles. The lowest BCUT2D eigenvalue weighted by molar-refractivity contribution is 0.741. The van der Waals surface area contributed by atoms with Crippen molar-refractivity contribution < 1.29 is 0 Å². The molecule has 0 aliphatic rings. The predicted molar refractivity (Wildman–Crippen MR) is 50.2 cm³/mol. The maximum atomic E-state index is 5.78. The normalized spacial score (nSPS) is 10.1. The number of benzene rings is 1. The standard InChI is InChI=1S/C7H8BrClN2/c8-6-3-5(4-11-10)1-2-7(6)9/h1-3,11H,4,10H2. The Labute approximate surface area is 78.8 Å². The Morgan fingerprint density at radius 2 is 2.27 bits per heavy atom. The van der Waals surface area contributed by atoms with Crippen LogP contribution in [0.1, 0.15) is 5.56 Å². The van der Waals surface area contributed by atoms with Gasteiger partial charge in [-0.3, -0.25) is 11.3 Å². The van der Waals surface area contributed by atoms with E-state index in [9.17, 15) is 0 Å². The minimum absolute atomic E-state index is 0.649. The summed E-state index contributed by atoms with van der Waals surface area (Å²) in [6.07, 6.45) is 0. The van der Waals surface area contributed by atoms with Crippen molar-refractivity contribution in [2.75, 3.05) is 0 Å². The highest BCUT2D eigenvalue weighted by Gasteiger charge is 1.96. The van der Waals surface area contributed by atoms with E-state index in [0.29, 0.717) is 11.6 Å². The van der Waals surface area contributed by atoms with Crippen molar-refractivity contribution in [3.8, 4) is 0 Å². The van der Waals surface area contributed by atoms with Gasteiger partial charge >= 0.3 is 0 Å². The summed E-state index contributed by atoms with van der Waals surface area (Å²) in [5, 5.41) is 0.714. The molecule has 60 valence electrons. The lowest BCUT2D eigenvalue weighted by atomic mass is 10.2. The van der Waals surface area contributed by atoms with Gasteiger partial charge in [0, 0.05) is 11.0 Å². The second-order valence-electron chi connectivity index (χ2n) is 2.13. The van der Waals surface area contributed by atoms with E-state index in [4.69, 9.17) is 17.4 Å². The van der Waals surface area contributed by atoms with Gasteiger partial charge in [0.25, 0.3) is 0 Å². The van der Waals surface area contributed by atoms with Crippen LogP contribution in [0.25, 0.3) is 0 Å². The topological polar surface area (TPSA) is 38.0 Å². The minimum atomic E-state index is 0.649. The molecule has 0 spiro atoms. The van der Waals surface area contributed by atoms with Crippen molar-refractivity contribution in [2.24, 2.45) is 5.84 Å². The van der Waals surface area contributed by atoms with Crippen LogP contribution in [0.5, 0.6) is 0 Å². The average Bonchev–Trinajstić information content (AvgIpc) is 1.98. The molecule has 1 aromatic carbocycles. The van der Waals surface area contributed by atoms with Gasteiger partial charge in [0.05, 0.1) is 5.02 Å². The molecule has 1 rings (SSSR count). The fraction of sp³-hybridized carbons (Fsp3) is 0.143. The zero-order chi connectivity index (χ0) is 8.27. The highest BCUT2D eigenvalue weighted by Crippen LogP contribution is 2.22. The van der Waals surface area contributed by atoms with E-state index in [1.165, 1.54) is 0 Å². The summed E-state index contributed by atoms with van der Waals surface area (Å²) >= 11 is 9.10. The second-order valence-corrected chi connectivity index (χ2v) is 3.39. The number of nitrogens with one attached hydrogen (secondary N) is 1. The van der Waals surface area contributed by atoms with Gasteiger partial charge in [-0.05, 0) is 33.6 Å². The monoisotopic (exact) mass is 234 g/mol. The van der Waals surface area contributed by atoms with E-state index in [2.05, 4.69) is 21.4 Å². The van der Waals surface area contributed by atoms with E-state index >= 15 is 0 Å². The van der Waals surface area contributed by atoms with Gasteiger partial charge < -0.3 is 0 Å². The minimum Gasteiger partial charge on any atom is -0.271 e. The van der Waals surface area contributed by atoms with Gasteiger partial charge in [-0.15, -0.1) is 0 Å². The number of hydrogen-bond donors (Lipinski definition) is 2. The number of rotatable bonds is 2. The molecule has 0 heterocycles. The van der Waals surface area contributed by atoms with Gasteiger partial charge in [-0.25, -0.2) is 0 Å². The number of hydrogen-bond acceptors (Lipinski definition) is 2. The third kappa shape index (κ3) is 2.45. The largest absolute Gasteiger partial charge is 0.271 e. The molecular weight excluding hydrogens is 227 g/mol. The summed E-state index contributed by atoms with van der Waals surface area (Å²) < 4.78 is 0.895. The summed E-state index contributed by atoms with van der Waals surface area (Å²) in [5.74, 6) is 5.15. The van der Waals surface area contributed by atoms with E-state index in [1.54, 1.807) is 0 Å². The Morgan fingerprint density at radius 1 is 1.55 bits per heavy atom. The van der Waals surface area contributed by atoms with Crippen LogP contribution >= 0.6 is 27.5 Å². The van der Waals surface area contributed by atoms with E-state index in [1.807, 2.05) is 18.2 Å². The van der Waals surface area contributed by atoms with Gasteiger partial charge in [0.1, 0.15) is 0 Å². The second kappa shape index (κ2) is 4.07. The molecule has 2 nitrogen and oxygen atoms in total. The summed E-state index contributed by atoms with van der Waals surface area (Å²) in [6.45, 7) is 0.649. The summed E-state index contributed by atoms with van der Waals surface area (Å²) in [6, 6.07) is 5.69. The molecule has 1 aromatic rings. The highest BCUT2D eigenvalue weighted by atomic mass is 79.9. The highest BCUT2D eigenvalue weighted by molar-refractivity contribution is 9.10. The maximum Gasteiger partial charge on any atom is 0.0548 e. The van der Waals surface area contributed by atoms with Gasteiger partial charge in [0.15, 0.2) is 0 Å². The summed E-state index contributed by atoms with van der Waals surface area (Å²) in [4.78, 5) is 0. The molecule has 0 saturated heterocycles. The molecule has 0 fully saturated rings. The predicted octanol–water partition coefficient (Wildman–Crippen LogP) is 2.07. The molecule has 4 heteroatoms. The molecular formula is C7H8BrClN2. The van der Waals surface area contributed by atoms with Crippen LogP contribution < -0.4 is 11.3 Å². The van der Waals surface area contributed by atoms with Crippen molar-refractivity contribution in [1.82, 2.24) is 5.43 Å². The fourth-order valence-corrected chi connectivity index (χ4v) is 1.31. The van der Waals surface area contributed by atoms with Crippen molar-refractivity contribution >= 4 is 27.5 Å². The Bertz CT molecular complexity index is 252. The fourth-order valence-electron chi connectivity index (χ4n) is 0.767. The number of halogens is 2. The van der Waals surface area contributed by atoms with E-state index < -0.39 is 0 Å². The molecule has 0 aliphatic heterocycles. The summed E-state index contributed by atoms with van der Waals surface area (Å²) in [7, 11) is 0. The van der Waals surface area contributed by atoms with Crippen LogP contribution in [0.3, 0.4) is 0 Å². The Hall–Kier alpha value is -0.0900. The van der Waals surface area contributed by atoms with Crippen molar-refractivity contribution in [1.29, 1.82) is 0 Å². The lowest BCUT2D eigenvalue weighted by Crippen LogP contribution is -2.20. The molecule has 0 unspecified atom stereocenters. The quantitative estimate of drug-likeness (QED) is 0.608. The third-order valence-corrected chi connectivity index (χ3v) is 2.50. The van der Waals surface area contributed by atoms with Crippen LogP contribution in [0.4, 0.5) is 0 Å². The molecule has 0 aliphatic carbocycles. The first-order valence-corrected chi connectivity index (χ1v) is 4.28. The van der Waals surface area contributed by atoms with Crippen molar-refractivity contribution in [3.63, 3.8) is 0 Å². The molecule has 0 atom stereocenters. The van der Waals surface area contributed by atoms with Gasteiger partial charge in [-0.1, -0.05) is 17.7 Å². The molecule has 0 amide bonds. The first-order valence-electron chi connectivity index (χ1n) is 3.11. The first kappa shape index (κ1) is 9.00. The van der Waals surface area contributed by atoms with Crippen LogP contribution in [0.2, 0.25) is 5.02 Å². The van der Waals surface area contributed by atoms with Crippen LogP contribution in [-0.4, -0.2) is 0 Å². The SMILES string of the molecule is NNCc1ccc(Cl)c(Br)c1. The molecule has 0 radical (unpaired) electrons. The smallest absolute Gasteiger partial charge is 0.0548 e. The zero-order valence-electron chi connectivity index (χ0n) is 5.77. The Kier molecular flexibility index (Phi) is 3.33. The van der Waals surface area contributed by atoms with Crippen LogP contribution in [0, 0.1) is 0 Å². The Morgan fingerprint density at radius 3 is 2.82 bits per heavy atom. The van der Waals surface area contributed by atoms with Crippen molar-refractivity contribution in [3.05, 3.63) is 33.3 Å². The molecule has 11 heavy (non-hydrogen) atoms. The van der Waals surface area contributed by atoms with Crippen LogP contribution in [-0.2, 0) is 6.54 Å². The Balaban J connectivity index is 2.86. The van der Waals surface area contributed by atoms with E-state index in [0.717, 1.165) is 10.0 Å². The van der Waals surface area contributed by atoms with Crippen LogP contribution in [0.15, 0.2) is 22.7 Å². The average molecular weight is 236 g/mol. The van der Waals surface area contributed by atoms with Crippen molar-refractivity contribution in [2.45, 2.75) is 6.54 Å². The maximum absolute atomic E-state index is 5.78. The zero-order valence-corrected chi connectivity index (χ0v) is 8.11. The third-order valence-electron chi connectivity index (χ3n) is 1.29. The first-order chi connectivity index (χ1) is 5.24. The number of nitrogens with two attached hydrogens (primary N) is 1. The van der Waals surface area contributed by atoms with Gasteiger partial charge in [-0.2, -0.15) is 0 Å². The summed E-state index contributed by atoms with van der Waals surface area (Å²) in [5.41, 5.74) is 3.67. The molecule has 3 N–H and O–H groups in total. The van der Waals surface area contributed by atoms with E-state index in [-0.39, 0.29) is 0 Å². The molecule has 0 bridgehead atoms. The lowest BCUT2D eigenvalue weighted by Gasteiger charge is -2.01. The number of hydrazine groups is 1. The molecule has 0 aromatic heterocycles.